The van der Waals surface area contributed by atoms with Gasteiger partial charge in [-0.3, -0.25) is 4.98 Å². The molecule has 1 fully saturated rings. The van der Waals surface area contributed by atoms with Crippen LogP contribution in [0, 0.1) is 5.92 Å². The second kappa shape index (κ2) is 8.33. The summed E-state index contributed by atoms with van der Waals surface area (Å²) in [6.45, 7) is 1.56. The topological polar surface area (TPSA) is 116 Å². The number of hydrogen-bond donors (Lipinski definition) is 3. The number of pyridine rings is 1. The van der Waals surface area contributed by atoms with Crippen molar-refractivity contribution in [3.05, 3.63) is 23.4 Å². The summed E-state index contributed by atoms with van der Waals surface area (Å²) in [7, 11) is -2.06. The first kappa shape index (κ1) is 20.2. The normalized spacial score (nSPS) is 16.1. The number of aromatic nitrogens is 1. The van der Waals surface area contributed by atoms with Crippen molar-refractivity contribution in [1.82, 2.24) is 9.71 Å². The van der Waals surface area contributed by atoms with E-state index in [1.54, 1.807) is 7.11 Å². The van der Waals surface area contributed by atoms with Crippen LogP contribution in [0.3, 0.4) is 0 Å². The quantitative estimate of drug-likeness (QED) is 0.507. The maximum absolute atomic E-state index is 10.9. The molecule has 0 bridgehead atoms. The summed E-state index contributed by atoms with van der Waals surface area (Å²) in [5, 5.41) is 9.67. The van der Waals surface area contributed by atoms with E-state index in [-0.39, 0.29) is 6.54 Å². The molecule has 4 N–H and O–H groups in total. The molecule has 0 atom stereocenters. The molecule has 8 nitrogen and oxygen atoms in total. The number of ether oxygens (including phenoxy) is 2. The van der Waals surface area contributed by atoms with Gasteiger partial charge in [0.15, 0.2) is 11.5 Å². The third-order valence-corrected chi connectivity index (χ3v) is 6.05. The number of fused-ring (bicyclic) bond motifs is 2. The minimum atomic E-state index is -3.68. The van der Waals surface area contributed by atoms with Crippen molar-refractivity contribution in [2.75, 3.05) is 32.1 Å². The number of benzene rings is 1. The third kappa shape index (κ3) is 4.91. The number of hydrogen-bond acceptors (Lipinski definition) is 6. The lowest BCUT2D eigenvalue weighted by Gasteiger charge is -2.17. The van der Waals surface area contributed by atoms with E-state index in [1.165, 1.54) is 29.8 Å². The first-order chi connectivity index (χ1) is 13.9. The van der Waals surface area contributed by atoms with Crippen molar-refractivity contribution in [3.63, 3.8) is 0 Å². The molecule has 29 heavy (non-hydrogen) atoms. The Hall–Kier alpha value is -2.10. The average molecular weight is 421 g/mol. The molecule has 2 aliphatic rings. The molecule has 0 spiro atoms. The van der Waals surface area contributed by atoms with Crippen molar-refractivity contribution in [2.24, 2.45) is 11.1 Å². The number of methoxy groups -OCH3 is 1. The number of nitrogens with zero attached hydrogens (tertiary/aromatic N) is 1. The molecule has 158 valence electrons. The van der Waals surface area contributed by atoms with Crippen molar-refractivity contribution < 1.29 is 17.9 Å². The van der Waals surface area contributed by atoms with Gasteiger partial charge in [0.25, 0.3) is 10.2 Å². The molecule has 0 saturated heterocycles. The van der Waals surface area contributed by atoms with Crippen molar-refractivity contribution >= 4 is 26.8 Å². The molecule has 2 aliphatic carbocycles. The number of anilines is 1. The van der Waals surface area contributed by atoms with Crippen LogP contribution in [0.25, 0.3) is 10.9 Å². The van der Waals surface area contributed by atoms with Gasteiger partial charge in [-0.05, 0) is 56.1 Å². The minimum Gasteiger partial charge on any atom is -0.493 e. The third-order valence-electron chi connectivity index (χ3n) is 5.44. The zero-order chi connectivity index (χ0) is 20.4. The summed E-state index contributed by atoms with van der Waals surface area (Å²) in [6.07, 6.45) is 6.30. The standard InChI is InChI=1S/C20H28N4O4S/c1-27-18-10-15-17(11-19(18)28-9-3-8-23-29(21,25)26)24-16-5-2-4-14(16)20(15)22-12-13-6-7-13/h10-11,13,23H,2-9,12H2,1H3,(H,22,24)(H2,21,25,26). The summed E-state index contributed by atoms with van der Waals surface area (Å²) >= 11 is 0. The Morgan fingerprint density at radius 2 is 2.07 bits per heavy atom. The molecule has 9 heteroatoms. The van der Waals surface area contributed by atoms with Crippen LogP contribution in [-0.2, 0) is 23.1 Å². The summed E-state index contributed by atoms with van der Waals surface area (Å²) in [5.41, 5.74) is 4.59. The molecule has 0 amide bonds. The van der Waals surface area contributed by atoms with Crippen LogP contribution in [0.15, 0.2) is 12.1 Å². The Morgan fingerprint density at radius 3 is 2.79 bits per heavy atom. The lowest BCUT2D eigenvalue weighted by Crippen LogP contribution is -2.32. The van der Waals surface area contributed by atoms with E-state index < -0.39 is 10.2 Å². The van der Waals surface area contributed by atoms with Gasteiger partial charge in [-0.2, -0.15) is 8.42 Å². The van der Waals surface area contributed by atoms with Crippen molar-refractivity contribution in [1.29, 1.82) is 0 Å². The van der Waals surface area contributed by atoms with E-state index in [0.29, 0.717) is 24.5 Å². The molecule has 4 rings (SSSR count). The van der Waals surface area contributed by atoms with Gasteiger partial charge >= 0.3 is 0 Å². The largest absolute Gasteiger partial charge is 0.493 e. The molecule has 0 unspecified atom stereocenters. The Bertz CT molecular complexity index is 1010. The molecular weight excluding hydrogens is 392 g/mol. The first-order valence-corrected chi connectivity index (χ1v) is 11.7. The van der Waals surface area contributed by atoms with Crippen LogP contribution in [-0.4, -0.2) is 40.2 Å². The van der Waals surface area contributed by atoms with E-state index in [2.05, 4.69) is 10.0 Å². The second-order valence-corrected chi connectivity index (χ2v) is 9.13. The first-order valence-electron chi connectivity index (χ1n) is 10.1. The Morgan fingerprint density at radius 1 is 1.24 bits per heavy atom. The Labute approximate surface area is 171 Å². The van der Waals surface area contributed by atoms with Gasteiger partial charge in [0.05, 0.1) is 19.2 Å². The molecular formula is C20H28N4O4S. The maximum Gasteiger partial charge on any atom is 0.274 e. The number of nitrogens with one attached hydrogen (secondary N) is 2. The average Bonchev–Trinajstić information content (AvgIpc) is 3.39. The lowest BCUT2D eigenvalue weighted by atomic mass is 10.1. The molecule has 1 aromatic carbocycles. The van der Waals surface area contributed by atoms with E-state index in [9.17, 15) is 8.42 Å². The summed E-state index contributed by atoms with van der Waals surface area (Å²) < 4.78 is 35.5. The monoisotopic (exact) mass is 420 g/mol. The van der Waals surface area contributed by atoms with Crippen molar-refractivity contribution in [3.8, 4) is 11.5 Å². The van der Waals surface area contributed by atoms with Crippen LogP contribution < -0.4 is 24.7 Å². The minimum absolute atomic E-state index is 0.218. The summed E-state index contributed by atoms with van der Waals surface area (Å²) in [5.74, 6) is 2.03. The Balaban J connectivity index is 1.57. The van der Waals surface area contributed by atoms with E-state index in [0.717, 1.165) is 42.6 Å². The fourth-order valence-electron chi connectivity index (χ4n) is 3.78. The second-order valence-electron chi connectivity index (χ2n) is 7.75. The van der Waals surface area contributed by atoms with Gasteiger partial charge in [-0.1, -0.05) is 0 Å². The lowest BCUT2D eigenvalue weighted by molar-refractivity contribution is 0.290. The Kier molecular flexibility index (Phi) is 5.80. The van der Waals surface area contributed by atoms with E-state index >= 15 is 0 Å². The molecule has 1 heterocycles. The van der Waals surface area contributed by atoms with Crippen LogP contribution in [0.2, 0.25) is 0 Å². The number of aryl methyl sites for hydroxylation is 1. The highest BCUT2D eigenvalue weighted by Crippen LogP contribution is 2.40. The van der Waals surface area contributed by atoms with Gasteiger partial charge < -0.3 is 14.8 Å². The molecule has 2 aromatic rings. The maximum atomic E-state index is 10.9. The highest BCUT2D eigenvalue weighted by Gasteiger charge is 2.25. The van der Waals surface area contributed by atoms with Gasteiger partial charge in [0.2, 0.25) is 0 Å². The van der Waals surface area contributed by atoms with Crippen LogP contribution >= 0.6 is 0 Å². The number of nitrogens with two attached hydrogens (primary N) is 1. The van der Waals surface area contributed by atoms with Crippen LogP contribution in [0.1, 0.15) is 36.9 Å². The van der Waals surface area contributed by atoms with Gasteiger partial charge in [-0.15, -0.1) is 0 Å². The molecule has 0 aliphatic heterocycles. The molecule has 1 aromatic heterocycles. The molecule has 0 radical (unpaired) electrons. The summed E-state index contributed by atoms with van der Waals surface area (Å²) in [6, 6.07) is 3.91. The molecule has 1 saturated carbocycles. The highest BCUT2D eigenvalue weighted by molar-refractivity contribution is 7.87. The van der Waals surface area contributed by atoms with E-state index in [4.69, 9.17) is 19.6 Å². The van der Waals surface area contributed by atoms with Crippen LogP contribution in [0.4, 0.5) is 5.69 Å². The fraction of sp³-hybridized carbons (Fsp3) is 0.550. The van der Waals surface area contributed by atoms with Gasteiger partial charge in [0.1, 0.15) is 0 Å². The van der Waals surface area contributed by atoms with Gasteiger partial charge in [0, 0.05) is 35.9 Å². The smallest absolute Gasteiger partial charge is 0.274 e. The van der Waals surface area contributed by atoms with E-state index in [1.807, 2.05) is 12.1 Å². The zero-order valence-electron chi connectivity index (χ0n) is 16.7. The SMILES string of the molecule is COc1cc2c(NCC3CC3)c3c(nc2cc1OCCCNS(N)(=O)=O)CCC3. The fourth-order valence-corrected chi connectivity index (χ4v) is 4.21. The predicted molar refractivity (Wildman–Crippen MR) is 113 cm³/mol. The number of rotatable bonds is 10. The van der Waals surface area contributed by atoms with Crippen LogP contribution in [0.5, 0.6) is 11.5 Å². The zero-order valence-corrected chi connectivity index (χ0v) is 17.5. The predicted octanol–water partition coefficient (Wildman–Crippen LogP) is 2.12. The highest BCUT2D eigenvalue weighted by atomic mass is 32.2. The van der Waals surface area contributed by atoms with Crippen molar-refractivity contribution in [2.45, 2.75) is 38.5 Å². The summed E-state index contributed by atoms with van der Waals surface area (Å²) in [4.78, 5) is 4.89. The van der Waals surface area contributed by atoms with Gasteiger partial charge in [-0.25, -0.2) is 9.86 Å².